The predicted molar refractivity (Wildman–Crippen MR) is 147 cm³/mol. The molecule has 1 N–H and O–H groups in total. The molecule has 2 aliphatic rings. The fourth-order valence-electron chi connectivity index (χ4n) is 5.96. The fraction of sp³-hybridized carbons (Fsp3) is 0.276. The number of H-pyrrole nitrogens is 1. The monoisotopic (exact) mass is 505 g/mol. The van der Waals surface area contributed by atoms with Crippen molar-refractivity contribution in [2.24, 2.45) is 0 Å². The standard InChI is InChI=1S/C29H27N7O2/c37-28(35-13-5-7-19-6-1-4-10-24(19)35)23-16-26(32-18-31-23)34-14-11-20(12-15-34)36-25-17-30-22-9-3-2-8-21(22)27(25)33-29(36)38/h1-4,6,8-10,16-18,20H,5,7,11-15H2,(H,33,38). The number of rotatable bonds is 3. The normalized spacial score (nSPS) is 16.2. The highest BCUT2D eigenvalue weighted by atomic mass is 16.2. The number of hydrogen-bond acceptors (Lipinski definition) is 6. The van der Waals surface area contributed by atoms with Gasteiger partial charge >= 0.3 is 5.69 Å². The summed E-state index contributed by atoms with van der Waals surface area (Å²) in [4.78, 5) is 46.9. The number of piperidine rings is 1. The molecule has 2 aliphatic heterocycles. The zero-order chi connectivity index (χ0) is 25.6. The SMILES string of the molecule is O=C(c1cc(N2CCC(n3c(=O)[nH]c4c5ccccc5ncc43)CC2)ncn1)N1CCCc2ccccc21. The molecule has 1 saturated heterocycles. The van der Waals surface area contributed by atoms with Crippen molar-refractivity contribution in [3.8, 4) is 0 Å². The number of hydrogen-bond donors (Lipinski definition) is 1. The van der Waals surface area contributed by atoms with E-state index >= 15 is 0 Å². The molecule has 5 aromatic rings. The molecule has 1 fully saturated rings. The van der Waals surface area contributed by atoms with Gasteiger partial charge in [-0.25, -0.2) is 14.8 Å². The van der Waals surface area contributed by atoms with E-state index in [1.807, 2.05) is 51.9 Å². The number of amides is 1. The Morgan fingerprint density at radius 3 is 2.66 bits per heavy atom. The number of nitrogens with zero attached hydrogens (tertiary/aromatic N) is 6. The highest BCUT2D eigenvalue weighted by Crippen LogP contribution is 2.31. The number of para-hydroxylation sites is 2. The fourth-order valence-corrected chi connectivity index (χ4v) is 5.96. The minimum atomic E-state index is -0.103. The van der Waals surface area contributed by atoms with Crippen LogP contribution in [0.4, 0.5) is 11.5 Å². The molecular weight excluding hydrogens is 478 g/mol. The molecule has 0 spiro atoms. The van der Waals surface area contributed by atoms with E-state index in [9.17, 15) is 9.59 Å². The van der Waals surface area contributed by atoms with Crippen molar-refractivity contribution in [3.63, 3.8) is 0 Å². The molecule has 0 saturated carbocycles. The summed E-state index contributed by atoms with van der Waals surface area (Å²) in [5, 5.41) is 0.952. The first-order valence-electron chi connectivity index (χ1n) is 13.1. The topological polar surface area (TPSA) is 100 Å². The average Bonchev–Trinajstić information content (AvgIpc) is 3.33. The van der Waals surface area contributed by atoms with E-state index < -0.39 is 0 Å². The van der Waals surface area contributed by atoms with Gasteiger partial charge in [0.15, 0.2) is 0 Å². The molecule has 1 amide bonds. The molecule has 0 radical (unpaired) electrons. The minimum Gasteiger partial charge on any atom is -0.356 e. The van der Waals surface area contributed by atoms with E-state index in [0.717, 1.165) is 72.2 Å². The Kier molecular flexibility index (Phi) is 5.42. The van der Waals surface area contributed by atoms with E-state index in [2.05, 4.69) is 30.9 Å². The number of benzene rings is 2. The van der Waals surface area contributed by atoms with E-state index in [-0.39, 0.29) is 17.6 Å². The average molecular weight is 506 g/mol. The van der Waals surface area contributed by atoms with Gasteiger partial charge in [-0.05, 0) is 43.4 Å². The first kappa shape index (κ1) is 22.7. The van der Waals surface area contributed by atoms with Gasteiger partial charge in [0.05, 0.1) is 22.7 Å². The van der Waals surface area contributed by atoms with Crippen molar-refractivity contribution in [3.05, 3.63) is 88.9 Å². The maximum atomic E-state index is 13.4. The number of carbonyl (C=O) groups is 1. The Morgan fingerprint density at radius 1 is 0.947 bits per heavy atom. The van der Waals surface area contributed by atoms with E-state index in [4.69, 9.17) is 0 Å². The van der Waals surface area contributed by atoms with Crippen LogP contribution < -0.4 is 15.5 Å². The van der Waals surface area contributed by atoms with Gasteiger partial charge in [-0.1, -0.05) is 36.4 Å². The van der Waals surface area contributed by atoms with Crippen LogP contribution >= 0.6 is 0 Å². The number of nitrogens with one attached hydrogen (secondary N) is 1. The summed E-state index contributed by atoms with van der Waals surface area (Å²) in [6.45, 7) is 2.13. The number of aromatic nitrogens is 5. The van der Waals surface area contributed by atoms with Gasteiger partial charge in [-0.2, -0.15) is 0 Å². The van der Waals surface area contributed by atoms with E-state index in [0.29, 0.717) is 12.2 Å². The van der Waals surface area contributed by atoms with Crippen LogP contribution in [0, 0.1) is 0 Å². The van der Waals surface area contributed by atoms with Gasteiger partial charge in [-0.3, -0.25) is 14.3 Å². The predicted octanol–water partition coefficient (Wildman–Crippen LogP) is 4.10. The second-order valence-electron chi connectivity index (χ2n) is 10.0. The Labute approximate surface area is 218 Å². The molecule has 0 aliphatic carbocycles. The number of aryl methyl sites for hydroxylation is 1. The third-order valence-corrected chi connectivity index (χ3v) is 7.85. The van der Waals surface area contributed by atoms with Crippen LogP contribution in [0.15, 0.2) is 71.9 Å². The summed E-state index contributed by atoms with van der Waals surface area (Å²) < 4.78 is 1.86. The smallest absolute Gasteiger partial charge is 0.326 e. The number of carbonyl (C=O) groups excluding carboxylic acids is 1. The van der Waals surface area contributed by atoms with Crippen LogP contribution in [0.2, 0.25) is 0 Å². The molecular formula is C29H27N7O2. The Morgan fingerprint density at radius 2 is 1.76 bits per heavy atom. The van der Waals surface area contributed by atoms with Crippen molar-refractivity contribution in [1.82, 2.24) is 24.5 Å². The lowest BCUT2D eigenvalue weighted by Crippen LogP contribution is -2.38. The molecule has 5 heterocycles. The van der Waals surface area contributed by atoms with Crippen molar-refractivity contribution in [2.45, 2.75) is 31.7 Å². The summed E-state index contributed by atoms with van der Waals surface area (Å²) >= 11 is 0. The van der Waals surface area contributed by atoms with Gasteiger partial charge in [0.2, 0.25) is 0 Å². The summed E-state index contributed by atoms with van der Waals surface area (Å²) in [5.74, 6) is 0.645. The molecule has 9 heteroatoms. The third-order valence-electron chi connectivity index (χ3n) is 7.85. The third kappa shape index (κ3) is 3.73. The Hall–Kier alpha value is -4.53. The minimum absolute atomic E-state index is 0.0586. The van der Waals surface area contributed by atoms with Crippen LogP contribution in [0.1, 0.15) is 41.4 Å². The van der Waals surface area contributed by atoms with Gasteiger partial charge < -0.3 is 14.8 Å². The number of aromatic amines is 1. The molecule has 0 bridgehead atoms. The lowest BCUT2D eigenvalue weighted by Gasteiger charge is -2.33. The quantitative estimate of drug-likeness (QED) is 0.396. The maximum Gasteiger partial charge on any atom is 0.326 e. The van der Waals surface area contributed by atoms with Crippen molar-refractivity contribution < 1.29 is 4.79 Å². The number of pyridine rings is 1. The molecule has 2 aromatic carbocycles. The molecule has 0 unspecified atom stereocenters. The first-order valence-corrected chi connectivity index (χ1v) is 13.1. The number of anilines is 2. The molecule has 38 heavy (non-hydrogen) atoms. The van der Waals surface area contributed by atoms with Crippen LogP contribution in [-0.4, -0.2) is 50.0 Å². The first-order chi connectivity index (χ1) is 18.7. The summed E-state index contributed by atoms with van der Waals surface area (Å²) in [6.07, 6.45) is 6.76. The van der Waals surface area contributed by atoms with Crippen molar-refractivity contribution in [1.29, 1.82) is 0 Å². The highest BCUT2D eigenvalue weighted by Gasteiger charge is 2.27. The number of imidazole rings is 1. The summed E-state index contributed by atoms with van der Waals surface area (Å²) in [7, 11) is 0. The zero-order valence-electron chi connectivity index (χ0n) is 20.9. The van der Waals surface area contributed by atoms with Crippen LogP contribution in [-0.2, 0) is 6.42 Å². The van der Waals surface area contributed by atoms with Crippen LogP contribution in [0.3, 0.4) is 0 Å². The number of fused-ring (bicyclic) bond motifs is 4. The molecule has 3 aromatic heterocycles. The largest absolute Gasteiger partial charge is 0.356 e. The Balaban J connectivity index is 1.11. The summed E-state index contributed by atoms with van der Waals surface area (Å²) in [5.41, 5.74) is 5.00. The second kappa shape index (κ2) is 9.09. The molecule has 190 valence electrons. The Bertz CT molecular complexity index is 1730. The van der Waals surface area contributed by atoms with Crippen LogP contribution in [0.5, 0.6) is 0 Å². The lowest BCUT2D eigenvalue weighted by molar-refractivity contribution is 0.0980. The highest BCUT2D eigenvalue weighted by molar-refractivity contribution is 6.06. The van der Waals surface area contributed by atoms with Gasteiger partial charge in [0, 0.05) is 42.8 Å². The van der Waals surface area contributed by atoms with Crippen molar-refractivity contribution >= 4 is 39.3 Å². The van der Waals surface area contributed by atoms with E-state index in [1.54, 1.807) is 12.3 Å². The van der Waals surface area contributed by atoms with Gasteiger partial charge in [0.1, 0.15) is 17.8 Å². The molecule has 0 atom stereocenters. The van der Waals surface area contributed by atoms with Gasteiger partial charge in [0.25, 0.3) is 5.91 Å². The zero-order valence-corrected chi connectivity index (χ0v) is 20.9. The van der Waals surface area contributed by atoms with Crippen molar-refractivity contribution in [2.75, 3.05) is 29.4 Å². The molecule has 9 nitrogen and oxygen atoms in total. The second-order valence-corrected chi connectivity index (χ2v) is 10.0. The van der Waals surface area contributed by atoms with E-state index in [1.165, 1.54) is 11.9 Å². The van der Waals surface area contributed by atoms with Gasteiger partial charge in [-0.15, -0.1) is 0 Å². The maximum absolute atomic E-state index is 13.4. The van der Waals surface area contributed by atoms with Crippen LogP contribution in [0.25, 0.3) is 21.9 Å². The summed E-state index contributed by atoms with van der Waals surface area (Å²) in [6, 6.07) is 17.8. The molecule has 7 rings (SSSR count). The lowest BCUT2D eigenvalue weighted by atomic mass is 10.0.